The van der Waals surface area contributed by atoms with E-state index in [1.54, 1.807) is 6.07 Å². The molecular weight excluding hydrogens is 233 g/mol. The molecule has 3 nitrogen and oxygen atoms in total. The van der Waals surface area contributed by atoms with E-state index in [0.717, 1.165) is 12.5 Å². The Labute approximate surface area is 96.8 Å². The molecule has 0 saturated carbocycles. The molecule has 3 N–H and O–H groups in total. The third-order valence-corrected chi connectivity index (χ3v) is 2.66. The van der Waals surface area contributed by atoms with Crippen LogP contribution in [0.25, 0.3) is 0 Å². The molecule has 0 amide bonds. The number of hydrogen-bond donors (Lipinski definition) is 2. The van der Waals surface area contributed by atoms with Gasteiger partial charge < -0.3 is 15.8 Å². The van der Waals surface area contributed by atoms with Gasteiger partial charge in [0.15, 0.2) is 0 Å². The van der Waals surface area contributed by atoms with Crippen molar-refractivity contribution in [1.29, 1.82) is 0 Å². The van der Waals surface area contributed by atoms with Crippen LogP contribution in [-0.4, -0.2) is 19.3 Å². The molecule has 1 aliphatic rings. The minimum absolute atomic E-state index is 0.0692. The van der Waals surface area contributed by atoms with Crippen LogP contribution in [0.3, 0.4) is 0 Å². The van der Waals surface area contributed by atoms with Crippen molar-refractivity contribution in [1.82, 2.24) is 0 Å². The molecule has 0 aliphatic carbocycles. The second kappa shape index (κ2) is 4.44. The first-order chi connectivity index (χ1) is 7.97. The van der Waals surface area contributed by atoms with E-state index < -0.39 is 11.7 Å². The zero-order valence-corrected chi connectivity index (χ0v) is 9.05. The lowest BCUT2D eigenvalue weighted by Gasteiger charge is -2.15. The number of nitrogens with one attached hydrogen (secondary N) is 1. The monoisotopic (exact) mass is 246 g/mol. The zero-order chi connectivity index (χ0) is 12.5. The van der Waals surface area contributed by atoms with Gasteiger partial charge in [0.2, 0.25) is 0 Å². The second-order valence-corrected chi connectivity index (χ2v) is 4.00. The minimum atomic E-state index is -4.42. The van der Waals surface area contributed by atoms with Gasteiger partial charge in [-0.3, -0.25) is 0 Å². The van der Waals surface area contributed by atoms with Gasteiger partial charge in [-0.25, -0.2) is 0 Å². The summed E-state index contributed by atoms with van der Waals surface area (Å²) in [6.45, 7) is 1.16. The maximum Gasteiger partial charge on any atom is 0.418 e. The number of halogens is 3. The molecule has 1 aliphatic heterocycles. The predicted octanol–water partition coefficient (Wildman–Crippen LogP) is 2.49. The van der Waals surface area contributed by atoms with Crippen molar-refractivity contribution in [3.05, 3.63) is 23.8 Å². The van der Waals surface area contributed by atoms with Crippen LogP contribution in [0.4, 0.5) is 24.5 Å². The third-order valence-electron chi connectivity index (χ3n) is 2.66. The predicted molar refractivity (Wildman–Crippen MR) is 58.7 cm³/mol. The first-order valence-corrected chi connectivity index (χ1v) is 5.28. The molecule has 0 bridgehead atoms. The van der Waals surface area contributed by atoms with Crippen LogP contribution in [0.1, 0.15) is 12.0 Å². The van der Waals surface area contributed by atoms with Gasteiger partial charge in [0.1, 0.15) is 0 Å². The van der Waals surface area contributed by atoms with Gasteiger partial charge in [0.05, 0.1) is 18.2 Å². The average Bonchev–Trinajstić information content (AvgIpc) is 2.72. The van der Waals surface area contributed by atoms with Crippen LogP contribution in [-0.2, 0) is 10.9 Å². The molecule has 94 valence electrons. The molecule has 0 spiro atoms. The molecule has 1 fully saturated rings. The number of benzene rings is 1. The van der Waals surface area contributed by atoms with Gasteiger partial charge in [0.25, 0.3) is 0 Å². The van der Waals surface area contributed by atoms with E-state index in [9.17, 15) is 13.2 Å². The van der Waals surface area contributed by atoms with E-state index in [0.29, 0.717) is 18.9 Å². The Balaban J connectivity index is 2.18. The van der Waals surface area contributed by atoms with Crippen LogP contribution in [0.5, 0.6) is 0 Å². The lowest BCUT2D eigenvalue weighted by molar-refractivity contribution is -0.136. The maximum absolute atomic E-state index is 12.6. The maximum atomic E-state index is 12.6. The number of rotatable bonds is 2. The van der Waals surface area contributed by atoms with E-state index in [2.05, 4.69) is 5.32 Å². The van der Waals surface area contributed by atoms with Gasteiger partial charge >= 0.3 is 6.18 Å². The normalized spacial score (nSPS) is 20.5. The quantitative estimate of drug-likeness (QED) is 0.788. The third kappa shape index (κ3) is 2.82. The first kappa shape index (κ1) is 12.0. The van der Waals surface area contributed by atoms with E-state index in [-0.39, 0.29) is 11.7 Å². The molecule has 1 aromatic carbocycles. The highest BCUT2D eigenvalue weighted by molar-refractivity contribution is 5.58. The summed E-state index contributed by atoms with van der Waals surface area (Å²) in [5.74, 6) is 0. The van der Waals surface area contributed by atoms with E-state index in [4.69, 9.17) is 10.5 Å². The van der Waals surface area contributed by atoms with Gasteiger partial charge in [-0.15, -0.1) is 0 Å². The summed E-state index contributed by atoms with van der Waals surface area (Å²) >= 11 is 0. The second-order valence-electron chi connectivity index (χ2n) is 4.00. The van der Waals surface area contributed by atoms with Crippen LogP contribution in [0.2, 0.25) is 0 Å². The zero-order valence-electron chi connectivity index (χ0n) is 9.05. The average molecular weight is 246 g/mol. The highest BCUT2D eigenvalue weighted by Crippen LogP contribution is 2.35. The lowest BCUT2D eigenvalue weighted by Crippen LogP contribution is -2.19. The van der Waals surface area contributed by atoms with E-state index in [1.807, 2.05) is 0 Å². The van der Waals surface area contributed by atoms with E-state index >= 15 is 0 Å². The molecule has 1 saturated heterocycles. The van der Waals surface area contributed by atoms with Crippen molar-refractivity contribution in [3.63, 3.8) is 0 Å². The van der Waals surface area contributed by atoms with Crippen LogP contribution in [0, 0.1) is 0 Å². The number of anilines is 2. The Hall–Kier alpha value is -1.43. The summed E-state index contributed by atoms with van der Waals surface area (Å²) in [6.07, 6.45) is -3.63. The smallest absolute Gasteiger partial charge is 0.398 e. The first-order valence-electron chi connectivity index (χ1n) is 5.28. The number of alkyl halides is 3. The van der Waals surface area contributed by atoms with Gasteiger partial charge in [-0.2, -0.15) is 13.2 Å². The molecule has 0 aromatic heterocycles. The van der Waals surface area contributed by atoms with Crippen LogP contribution in [0.15, 0.2) is 18.2 Å². The molecule has 1 atom stereocenters. The Morgan fingerprint density at radius 1 is 1.35 bits per heavy atom. The van der Waals surface area contributed by atoms with Crippen molar-refractivity contribution < 1.29 is 17.9 Å². The van der Waals surface area contributed by atoms with Crippen molar-refractivity contribution in [2.75, 3.05) is 24.3 Å². The highest BCUT2D eigenvalue weighted by Gasteiger charge is 2.33. The fraction of sp³-hybridized carbons (Fsp3) is 0.455. The Morgan fingerprint density at radius 3 is 2.71 bits per heavy atom. The number of nitrogens with two attached hydrogens (primary N) is 1. The molecular formula is C11H13F3N2O. The Morgan fingerprint density at radius 2 is 2.12 bits per heavy atom. The van der Waals surface area contributed by atoms with Crippen LogP contribution >= 0.6 is 0 Å². The summed E-state index contributed by atoms with van der Waals surface area (Å²) in [7, 11) is 0. The summed E-state index contributed by atoms with van der Waals surface area (Å²) in [5, 5.41) is 3.00. The molecule has 1 heterocycles. The lowest BCUT2D eigenvalue weighted by atomic mass is 10.1. The van der Waals surface area contributed by atoms with Gasteiger partial charge in [0, 0.05) is 18.0 Å². The number of hydrogen-bond acceptors (Lipinski definition) is 3. The molecule has 0 radical (unpaired) electrons. The van der Waals surface area contributed by atoms with Crippen molar-refractivity contribution >= 4 is 11.4 Å². The van der Waals surface area contributed by atoms with Crippen molar-refractivity contribution in [2.45, 2.75) is 18.6 Å². The highest BCUT2D eigenvalue weighted by atomic mass is 19.4. The summed E-state index contributed by atoms with van der Waals surface area (Å²) in [5.41, 5.74) is 4.67. The standard InChI is InChI=1S/C11H13F3N2O/c12-11(13,14)9-5-7(1-2-10(9)15)16-8-3-4-17-6-8/h1-2,5,8,16H,3-4,6,15H2. The number of nitrogen functional groups attached to an aromatic ring is 1. The largest absolute Gasteiger partial charge is 0.418 e. The Kier molecular flexibility index (Phi) is 3.15. The van der Waals surface area contributed by atoms with Crippen molar-refractivity contribution in [2.24, 2.45) is 0 Å². The summed E-state index contributed by atoms with van der Waals surface area (Å²) in [4.78, 5) is 0. The molecule has 1 unspecified atom stereocenters. The SMILES string of the molecule is Nc1ccc(NC2CCOC2)cc1C(F)(F)F. The molecule has 1 aromatic rings. The van der Waals surface area contributed by atoms with E-state index in [1.165, 1.54) is 6.07 Å². The topological polar surface area (TPSA) is 47.3 Å². The summed E-state index contributed by atoms with van der Waals surface area (Å²) in [6, 6.07) is 3.91. The van der Waals surface area contributed by atoms with Crippen LogP contribution < -0.4 is 11.1 Å². The number of ether oxygens (including phenoxy) is 1. The minimum Gasteiger partial charge on any atom is -0.398 e. The van der Waals surface area contributed by atoms with Gasteiger partial charge in [-0.1, -0.05) is 0 Å². The molecule has 6 heteroatoms. The molecule has 17 heavy (non-hydrogen) atoms. The summed E-state index contributed by atoms with van der Waals surface area (Å²) < 4.78 is 43.0. The fourth-order valence-corrected chi connectivity index (χ4v) is 1.78. The van der Waals surface area contributed by atoms with Crippen molar-refractivity contribution in [3.8, 4) is 0 Å². The van der Waals surface area contributed by atoms with Gasteiger partial charge in [-0.05, 0) is 24.6 Å². The Bertz CT molecular complexity index is 400. The molecule has 2 rings (SSSR count). The fourth-order valence-electron chi connectivity index (χ4n) is 1.78.